The maximum absolute atomic E-state index is 12.5. The minimum Gasteiger partial charge on any atom is -0.379 e. The lowest BCUT2D eigenvalue weighted by Gasteiger charge is -2.18. The van der Waals surface area contributed by atoms with Gasteiger partial charge in [0, 0.05) is 18.7 Å². The zero-order valence-electron chi connectivity index (χ0n) is 15.6. The van der Waals surface area contributed by atoms with Crippen molar-refractivity contribution in [3.05, 3.63) is 29.8 Å². The number of carbonyl (C=O) groups excluding carboxylic acids is 2. The van der Waals surface area contributed by atoms with Crippen molar-refractivity contribution in [3.63, 3.8) is 0 Å². The number of hydrogen-bond donors (Lipinski definition) is 1. The predicted octanol–water partition coefficient (Wildman–Crippen LogP) is 1.93. The molecule has 0 saturated carbocycles. The molecule has 1 saturated heterocycles. The normalized spacial score (nSPS) is 18.3. The molecule has 1 heterocycles. The quantitative estimate of drug-likeness (QED) is 0.728. The number of amides is 2. The molecule has 0 spiro atoms. The third kappa shape index (κ3) is 4.62. The maximum atomic E-state index is 12.5. The second-order valence-corrected chi connectivity index (χ2v) is 9.11. The van der Waals surface area contributed by atoms with Gasteiger partial charge in [0.1, 0.15) is 0 Å². The van der Waals surface area contributed by atoms with Gasteiger partial charge in [-0.05, 0) is 52.3 Å². The fourth-order valence-corrected chi connectivity index (χ4v) is 4.83. The van der Waals surface area contributed by atoms with E-state index in [0.717, 1.165) is 4.31 Å². The molecule has 1 aromatic carbocycles. The van der Waals surface area contributed by atoms with Crippen LogP contribution in [0.1, 0.15) is 44.5 Å². The molecule has 0 unspecified atom stereocenters. The summed E-state index contributed by atoms with van der Waals surface area (Å²) in [5.74, 6) is -1.05. The van der Waals surface area contributed by atoms with E-state index in [9.17, 15) is 18.0 Å². The molecule has 0 atom stereocenters. The smallest absolute Gasteiger partial charge is 0.251 e. The Hall–Kier alpha value is -1.93. The van der Waals surface area contributed by atoms with Gasteiger partial charge in [0.2, 0.25) is 15.9 Å². The summed E-state index contributed by atoms with van der Waals surface area (Å²) in [6, 6.07) is 6.10. The van der Waals surface area contributed by atoms with Crippen LogP contribution in [0.25, 0.3) is 0 Å². The van der Waals surface area contributed by atoms with Gasteiger partial charge >= 0.3 is 0 Å². The van der Waals surface area contributed by atoms with Crippen molar-refractivity contribution >= 4 is 27.5 Å². The number of benzene rings is 1. The van der Waals surface area contributed by atoms with Crippen LogP contribution >= 0.6 is 0 Å². The molecule has 0 aliphatic carbocycles. The van der Waals surface area contributed by atoms with E-state index in [1.807, 2.05) is 13.8 Å². The van der Waals surface area contributed by atoms with Gasteiger partial charge in [0.05, 0.1) is 23.0 Å². The van der Waals surface area contributed by atoms with E-state index in [2.05, 4.69) is 5.32 Å². The zero-order valence-corrected chi connectivity index (χ0v) is 16.4. The van der Waals surface area contributed by atoms with Gasteiger partial charge < -0.3 is 10.1 Å². The van der Waals surface area contributed by atoms with Gasteiger partial charge in [-0.3, -0.25) is 9.59 Å². The summed E-state index contributed by atoms with van der Waals surface area (Å²) in [7, 11) is -3.74. The fraction of sp³-hybridized carbons (Fsp3) is 0.556. The molecule has 1 aromatic rings. The first-order valence-electron chi connectivity index (χ1n) is 8.62. The number of sulfonamides is 1. The van der Waals surface area contributed by atoms with Gasteiger partial charge in [-0.15, -0.1) is 0 Å². The molecule has 0 bridgehead atoms. The number of rotatable bonds is 7. The van der Waals surface area contributed by atoms with Crippen LogP contribution in [0.3, 0.4) is 0 Å². The average molecular weight is 382 g/mol. The number of carbonyl (C=O) groups is 2. The van der Waals surface area contributed by atoms with Crippen LogP contribution in [0.5, 0.6) is 0 Å². The largest absolute Gasteiger partial charge is 0.379 e. The van der Waals surface area contributed by atoms with Crippen LogP contribution in [0.15, 0.2) is 24.3 Å². The lowest BCUT2D eigenvalue weighted by Crippen LogP contribution is -2.33. The Bertz CT molecular complexity index is 787. The minimum absolute atomic E-state index is 0.145. The third-order valence-electron chi connectivity index (χ3n) is 3.99. The molecule has 2 amide bonds. The van der Waals surface area contributed by atoms with Crippen molar-refractivity contribution in [3.8, 4) is 0 Å². The number of ether oxygens (including phenoxy) is 1. The van der Waals surface area contributed by atoms with E-state index in [0.29, 0.717) is 25.1 Å². The lowest BCUT2D eigenvalue weighted by atomic mass is 9.95. The van der Waals surface area contributed by atoms with Gasteiger partial charge in [0.25, 0.3) is 5.91 Å². The summed E-state index contributed by atoms with van der Waals surface area (Å²) in [6.45, 7) is 8.08. The molecule has 26 heavy (non-hydrogen) atoms. The zero-order chi connectivity index (χ0) is 19.5. The Morgan fingerprint density at radius 2 is 2.04 bits per heavy atom. The van der Waals surface area contributed by atoms with Gasteiger partial charge in [-0.25, -0.2) is 12.7 Å². The number of nitrogens with one attached hydrogen (secondary N) is 1. The van der Waals surface area contributed by atoms with E-state index < -0.39 is 21.3 Å². The van der Waals surface area contributed by atoms with Crippen molar-refractivity contribution < 1.29 is 22.7 Å². The van der Waals surface area contributed by atoms with E-state index in [-0.39, 0.29) is 23.5 Å². The fourth-order valence-electron chi connectivity index (χ4n) is 2.73. The molecular weight excluding hydrogens is 356 g/mol. The molecule has 144 valence electrons. The number of nitrogens with zero attached hydrogens (tertiary/aromatic N) is 1. The number of anilines is 1. The second kappa shape index (κ2) is 7.75. The Balaban J connectivity index is 2.08. The summed E-state index contributed by atoms with van der Waals surface area (Å²) in [4.78, 5) is 24.7. The summed E-state index contributed by atoms with van der Waals surface area (Å²) < 4.78 is 30.9. The molecule has 1 fully saturated rings. The predicted molar refractivity (Wildman–Crippen MR) is 99.5 cm³/mol. The van der Waals surface area contributed by atoms with Gasteiger partial charge in [-0.2, -0.15) is 0 Å². The SMILES string of the molecule is CC(C)OCCCNC(=O)c1cccc(N2C(=O)C(C)(C)CS2(=O)=O)c1. The van der Waals surface area contributed by atoms with E-state index in [1.54, 1.807) is 26.0 Å². The lowest BCUT2D eigenvalue weighted by molar-refractivity contribution is -0.123. The van der Waals surface area contributed by atoms with Crippen LogP contribution in [0.4, 0.5) is 5.69 Å². The topological polar surface area (TPSA) is 92.8 Å². The molecule has 1 aliphatic rings. The first-order chi connectivity index (χ1) is 12.0. The highest BCUT2D eigenvalue weighted by Crippen LogP contribution is 2.35. The van der Waals surface area contributed by atoms with Crippen LogP contribution in [0, 0.1) is 5.41 Å². The molecule has 7 nitrogen and oxygen atoms in total. The molecule has 1 aliphatic heterocycles. The monoisotopic (exact) mass is 382 g/mol. The minimum atomic E-state index is -3.74. The molecule has 1 N–H and O–H groups in total. The summed E-state index contributed by atoms with van der Waals surface area (Å²) in [5.41, 5.74) is -0.482. The first-order valence-corrected chi connectivity index (χ1v) is 10.2. The van der Waals surface area contributed by atoms with E-state index >= 15 is 0 Å². The van der Waals surface area contributed by atoms with Crippen molar-refractivity contribution in [2.45, 2.75) is 40.2 Å². The Labute approximate surface area is 154 Å². The molecule has 0 aromatic heterocycles. The van der Waals surface area contributed by atoms with Crippen LogP contribution in [0.2, 0.25) is 0 Å². The van der Waals surface area contributed by atoms with Crippen LogP contribution < -0.4 is 9.62 Å². The Morgan fingerprint density at radius 1 is 1.35 bits per heavy atom. The highest BCUT2D eigenvalue weighted by molar-refractivity contribution is 7.94. The molecule has 2 rings (SSSR count). The molecule has 8 heteroatoms. The van der Waals surface area contributed by atoms with Gasteiger partial charge in [-0.1, -0.05) is 6.07 Å². The van der Waals surface area contributed by atoms with Crippen molar-refractivity contribution in [2.75, 3.05) is 23.2 Å². The first kappa shape index (κ1) is 20.4. The maximum Gasteiger partial charge on any atom is 0.251 e. The van der Waals surface area contributed by atoms with Crippen molar-refractivity contribution in [1.82, 2.24) is 5.32 Å². The van der Waals surface area contributed by atoms with Crippen molar-refractivity contribution in [1.29, 1.82) is 0 Å². The highest BCUT2D eigenvalue weighted by Gasteiger charge is 2.49. The van der Waals surface area contributed by atoms with Crippen LogP contribution in [-0.4, -0.2) is 45.2 Å². The highest BCUT2D eigenvalue weighted by atomic mass is 32.2. The van der Waals surface area contributed by atoms with E-state index in [4.69, 9.17) is 4.74 Å². The number of hydrogen-bond acceptors (Lipinski definition) is 5. The van der Waals surface area contributed by atoms with E-state index in [1.165, 1.54) is 12.1 Å². The standard InChI is InChI=1S/C18H26N2O5S/c1-13(2)25-10-6-9-19-16(21)14-7-5-8-15(11-14)20-17(22)18(3,4)12-26(20,23)24/h5,7-8,11,13H,6,9-10,12H2,1-4H3,(H,19,21). The summed E-state index contributed by atoms with van der Waals surface area (Å²) in [6.07, 6.45) is 0.822. The average Bonchev–Trinajstić information content (AvgIpc) is 2.69. The molecule has 0 radical (unpaired) electrons. The second-order valence-electron chi connectivity index (χ2n) is 7.29. The van der Waals surface area contributed by atoms with Crippen LogP contribution in [-0.2, 0) is 19.6 Å². The molecular formula is C18H26N2O5S. The third-order valence-corrected chi connectivity index (χ3v) is 6.01. The van der Waals surface area contributed by atoms with Gasteiger partial charge in [0.15, 0.2) is 0 Å². The van der Waals surface area contributed by atoms with Crippen molar-refractivity contribution in [2.24, 2.45) is 5.41 Å². The summed E-state index contributed by atoms with van der Waals surface area (Å²) >= 11 is 0. The Kier molecular flexibility index (Phi) is 6.08. The summed E-state index contributed by atoms with van der Waals surface area (Å²) in [5, 5.41) is 2.77. The Morgan fingerprint density at radius 3 is 2.62 bits per heavy atom.